The van der Waals surface area contributed by atoms with Gasteiger partial charge < -0.3 is 20.1 Å². The molecule has 0 spiro atoms. The van der Waals surface area contributed by atoms with Crippen molar-refractivity contribution in [2.45, 2.75) is 13.0 Å². The number of anilines is 1. The predicted molar refractivity (Wildman–Crippen MR) is 117 cm³/mol. The van der Waals surface area contributed by atoms with E-state index in [1.165, 1.54) is 0 Å². The fourth-order valence-electron chi connectivity index (χ4n) is 3.40. The normalized spacial score (nSPS) is 12.2. The smallest absolute Gasteiger partial charge is 0.313 e. The minimum absolute atomic E-state index is 0.0780. The molecule has 0 aliphatic heterocycles. The van der Waals surface area contributed by atoms with Crippen LogP contribution in [0.1, 0.15) is 17.2 Å². The number of nitrogens with zero attached hydrogens (tertiary/aromatic N) is 2. The largest absolute Gasteiger partial charge is 0.350 e. The van der Waals surface area contributed by atoms with Crippen molar-refractivity contribution in [2.24, 2.45) is 7.05 Å². The van der Waals surface area contributed by atoms with Crippen LogP contribution in [0, 0.1) is 6.92 Å². The van der Waals surface area contributed by atoms with Gasteiger partial charge in [-0.05, 0) is 50.3 Å². The number of hydrogen-bond acceptors (Lipinski definition) is 3. The molecule has 1 heterocycles. The number of amides is 2. The fourth-order valence-corrected chi connectivity index (χ4v) is 3.58. The van der Waals surface area contributed by atoms with E-state index in [1.807, 2.05) is 38.2 Å². The molecular formula is C22H25ClN4O2. The second-order valence-electron chi connectivity index (χ2n) is 7.27. The number of aromatic nitrogens is 1. The van der Waals surface area contributed by atoms with Crippen LogP contribution in [0.2, 0.25) is 5.02 Å². The Bertz CT molecular complexity index is 1060. The van der Waals surface area contributed by atoms with Crippen LogP contribution in [0.3, 0.4) is 0 Å². The summed E-state index contributed by atoms with van der Waals surface area (Å²) in [7, 11) is 5.90. The third kappa shape index (κ3) is 4.44. The highest BCUT2D eigenvalue weighted by molar-refractivity contribution is 6.40. The van der Waals surface area contributed by atoms with E-state index in [2.05, 4.69) is 33.5 Å². The van der Waals surface area contributed by atoms with Gasteiger partial charge >= 0.3 is 11.8 Å². The standard InChI is InChI=1S/C22H25ClN4O2/c1-14-17(23)9-7-10-18(14)25-22(29)21(28)24-12-20(26(2)3)16-13-27(4)19-11-6-5-8-15(16)19/h5-11,13,20H,12H2,1-4H3,(H,24,28)(H,25,29)/t20-/m1/s1. The molecule has 0 radical (unpaired) electrons. The second-order valence-corrected chi connectivity index (χ2v) is 7.68. The van der Waals surface area contributed by atoms with Gasteiger partial charge in [0, 0.05) is 41.4 Å². The number of hydrogen-bond donors (Lipinski definition) is 2. The molecule has 2 N–H and O–H groups in total. The molecule has 0 saturated heterocycles. The molecule has 0 aliphatic carbocycles. The van der Waals surface area contributed by atoms with Gasteiger partial charge in [0.15, 0.2) is 0 Å². The summed E-state index contributed by atoms with van der Waals surface area (Å²) in [5.41, 5.74) is 3.46. The van der Waals surface area contributed by atoms with Gasteiger partial charge in [0.2, 0.25) is 0 Å². The van der Waals surface area contributed by atoms with Crippen LogP contribution in [0.5, 0.6) is 0 Å². The van der Waals surface area contributed by atoms with Crippen molar-refractivity contribution >= 4 is 40.0 Å². The van der Waals surface area contributed by atoms with Crippen molar-refractivity contribution < 1.29 is 9.59 Å². The second kappa shape index (κ2) is 8.68. The maximum atomic E-state index is 12.4. The lowest BCUT2D eigenvalue weighted by molar-refractivity contribution is -0.136. The summed E-state index contributed by atoms with van der Waals surface area (Å²) in [5, 5.41) is 7.04. The predicted octanol–water partition coefficient (Wildman–Crippen LogP) is 3.50. The number of carbonyl (C=O) groups excluding carboxylic acids is 2. The SMILES string of the molecule is Cc1c(Cl)cccc1NC(=O)C(=O)NC[C@H](c1cn(C)c2ccccc12)N(C)C. The molecule has 3 rings (SSSR count). The molecule has 6 nitrogen and oxygen atoms in total. The van der Waals surface area contributed by atoms with Crippen molar-refractivity contribution in [3.8, 4) is 0 Å². The maximum Gasteiger partial charge on any atom is 0.313 e. The molecule has 0 unspecified atom stereocenters. The maximum absolute atomic E-state index is 12.4. The quantitative estimate of drug-likeness (QED) is 0.630. The Morgan fingerprint density at radius 1 is 1.10 bits per heavy atom. The molecule has 29 heavy (non-hydrogen) atoms. The van der Waals surface area contributed by atoms with Crippen LogP contribution in [0.25, 0.3) is 10.9 Å². The molecule has 1 atom stereocenters. The first-order valence-corrected chi connectivity index (χ1v) is 9.72. The third-order valence-electron chi connectivity index (χ3n) is 5.09. The Labute approximate surface area is 175 Å². The molecule has 7 heteroatoms. The fraction of sp³-hybridized carbons (Fsp3) is 0.273. The lowest BCUT2D eigenvalue weighted by atomic mass is 10.0. The van der Waals surface area contributed by atoms with E-state index in [0.717, 1.165) is 22.0 Å². The number of para-hydroxylation sites is 1. The summed E-state index contributed by atoms with van der Waals surface area (Å²) < 4.78 is 2.07. The van der Waals surface area contributed by atoms with Gasteiger partial charge in [0.05, 0.1) is 6.04 Å². The van der Waals surface area contributed by atoms with E-state index in [4.69, 9.17) is 11.6 Å². The number of benzene rings is 2. The Morgan fingerprint density at radius 2 is 1.83 bits per heavy atom. The number of carbonyl (C=O) groups is 2. The first-order chi connectivity index (χ1) is 13.8. The molecule has 2 amide bonds. The van der Waals surface area contributed by atoms with E-state index >= 15 is 0 Å². The van der Waals surface area contributed by atoms with Crippen LogP contribution >= 0.6 is 11.6 Å². The number of aryl methyl sites for hydroxylation is 1. The Balaban J connectivity index is 1.72. The van der Waals surface area contributed by atoms with Crippen molar-refractivity contribution in [1.82, 2.24) is 14.8 Å². The highest BCUT2D eigenvalue weighted by Crippen LogP contribution is 2.28. The first-order valence-electron chi connectivity index (χ1n) is 9.34. The number of rotatable bonds is 5. The van der Waals surface area contributed by atoms with E-state index in [-0.39, 0.29) is 6.04 Å². The zero-order chi connectivity index (χ0) is 21.1. The highest BCUT2D eigenvalue weighted by Gasteiger charge is 2.22. The van der Waals surface area contributed by atoms with Gasteiger partial charge in [-0.1, -0.05) is 35.9 Å². The van der Waals surface area contributed by atoms with E-state index in [9.17, 15) is 9.59 Å². The van der Waals surface area contributed by atoms with E-state index < -0.39 is 11.8 Å². The topological polar surface area (TPSA) is 66.4 Å². The van der Waals surface area contributed by atoms with Crippen LogP contribution < -0.4 is 10.6 Å². The van der Waals surface area contributed by atoms with E-state index in [0.29, 0.717) is 17.3 Å². The molecule has 2 aromatic carbocycles. The Kier molecular flexibility index (Phi) is 6.25. The minimum atomic E-state index is -0.717. The van der Waals surface area contributed by atoms with Crippen LogP contribution in [-0.2, 0) is 16.6 Å². The van der Waals surface area contributed by atoms with Gasteiger partial charge in [-0.2, -0.15) is 0 Å². The average molecular weight is 413 g/mol. The van der Waals surface area contributed by atoms with Crippen molar-refractivity contribution in [1.29, 1.82) is 0 Å². The van der Waals surface area contributed by atoms with Gasteiger partial charge in [0.25, 0.3) is 0 Å². The lowest BCUT2D eigenvalue weighted by Gasteiger charge is -2.24. The molecule has 152 valence electrons. The number of halogens is 1. The van der Waals surface area contributed by atoms with Crippen molar-refractivity contribution in [2.75, 3.05) is 26.0 Å². The summed E-state index contributed by atoms with van der Waals surface area (Å²) in [6.45, 7) is 2.10. The van der Waals surface area contributed by atoms with Gasteiger partial charge in [-0.15, -0.1) is 0 Å². The molecular weight excluding hydrogens is 388 g/mol. The van der Waals surface area contributed by atoms with Crippen LogP contribution in [0.15, 0.2) is 48.7 Å². The van der Waals surface area contributed by atoms with Crippen LogP contribution in [0.4, 0.5) is 5.69 Å². The molecule has 1 aromatic heterocycles. The number of nitrogens with one attached hydrogen (secondary N) is 2. The summed E-state index contributed by atoms with van der Waals surface area (Å²) in [6.07, 6.45) is 2.07. The van der Waals surface area contributed by atoms with Crippen molar-refractivity contribution in [3.63, 3.8) is 0 Å². The molecule has 0 saturated carbocycles. The highest BCUT2D eigenvalue weighted by atomic mass is 35.5. The zero-order valence-corrected chi connectivity index (χ0v) is 17.7. The number of fused-ring (bicyclic) bond motifs is 1. The van der Waals surface area contributed by atoms with Crippen LogP contribution in [-0.4, -0.2) is 41.9 Å². The molecule has 0 aliphatic rings. The van der Waals surface area contributed by atoms with E-state index in [1.54, 1.807) is 25.1 Å². The Hall–Kier alpha value is -2.83. The number of likely N-dealkylation sites (N-methyl/N-ethyl adjacent to an activating group) is 1. The summed E-state index contributed by atoms with van der Waals surface area (Å²) in [5.74, 6) is -1.40. The zero-order valence-electron chi connectivity index (χ0n) is 17.0. The first kappa shape index (κ1) is 20.9. The summed E-state index contributed by atoms with van der Waals surface area (Å²) in [4.78, 5) is 26.7. The lowest BCUT2D eigenvalue weighted by Crippen LogP contribution is -2.40. The monoisotopic (exact) mass is 412 g/mol. The molecule has 0 bridgehead atoms. The summed E-state index contributed by atoms with van der Waals surface area (Å²) >= 11 is 6.07. The van der Waals surface area contributed by atoms with Crippen molar-refractivity contribution in [3.05, 3.63) is 64.8 Å². The van der Waals surface area contributed by atoms with Gasteiger partial charge in [-0.25, -0.2) is 0 Å². The van der Waals surface area contributed by atoms with Gasteiger partial charge in [-0.3, -0.25) is 9.59 Å². The molecule has 0 fully saturated rings. The minimum Gasteiger partial charge on any atom is -0.350 e. The Morgan fingerprint density at radius 3 is 2.55 bits per heavy atom. The summed E-state index contributed by atoms with van der Waals surface area (Å²) in [6, 6.07) is 13.2. The van der Waals surface area contributed by atoms with Gasteiger partial charge in [0.1, 0.15) is 0 Å². The average Bonchev–Trinajstić information content (AvgIpc) is 3.02. The molecule has 3 aromatic rings. The third-order valence-corrected chi connectivity index (χ3v) is 5.50.